The van der Waals surface area contributed by atoms with Crippen LogP contribution < -0.4 is 4.74 Å². The molecule has 15 heavy (non-hydrogen) atoms. The first-order valence-corrected chi connectivity index (χ1v) is 4.80. The lowest BCUT2D eigenvalue weighted by Crippen LogP contribution is -2.09. The fourth-order valence-electron chi connectivity index (χ4n) is 0.998. The molecule has 0 aliphatic carbocycles. The second kappa shape index (κ2) is 4.69. The summed E-state index contributed by atoms with van der Waals surface area (Å²) in [7, 11) is 1.30. The van der Waals surface area contributed by atoms with Gasteiger partial charge in [0.2, 0.25) is 0 Å². The number of nitrogens with zero attached hydrogens (tertiary/aromatic N) is 1. The van der Waals surface area contributed by atoms with Gasteiger partial charge in [-0.1, -0.05) is 0 Å². The van der Waals surface area contributed by atoms with E-state index in [2.05, 4.69) is 4.98 Å². The Morgan fingerprint density at radius 2 is 2.27 bits per heavy atom. The Kier molecular flexibility index (Phi) is 3.77. The van der Waals surface area contributed by atoms with Gasteiger partial charge in [-0.05, 0) is 22.6 Å². The number of carbonyl (C=O) groups is 1. The van der Waals surface area contributed by atoms with Crippen molar-refractivity contribution in [1.29, 1.82) is 0 Å². The molecule has 4 nitrogen and oxygen atoms in total. The molecular weight excluding hydrogens is 323 g/mol. The van der Waals surface area contributed by atoms with E-state index in [-0.39, 0.29) is 9.32 Å². The Morgan fingerprint density at radius 3 is 2.67 bits per heavy atom. The molecule has 82 valence electrons. The number of hydrogen-bond donors (Lipinski definition) is 1. The number of halogens is 3. The van der Waals surface area contributed by atoms with Crippen LogP contribution in [0.25, 0.3) is 0 Å². The van der Waals surface area contributed by atoms with Crippen LogP contribution in [0.3, 0.4) is 0 Å². The number of carboxylic acid groups (broad SMARTS) is 1. The standard InChI is InChI=1S/C8H6F2INO3/c1-15-3-2-12-6(8(13)14)4(5(3)11)7(9)10/h2,7H,1H3,(H,13,14). The molecule has 0 aliphatic heterocycles. The number of aromatic nitrogens is 1. The third kappa shape index (κ3) is 2.33. The first-order valence-electron chi connectivity index (χ1n) is 3.72. The predicted molar refractivity (Wildman–Crippen MR) is 55.4 cm³/mol. The van der Waals surface area contributed by atoms with Gasteiger partial charge in [0.25, 0.3) is 6.43 Å². The Hall–Kier alpha value is -0.990. The highest BCUT2D eigenvalue weighted by molar-refractivity contribution is 14.1. The molecule has 0 aliphatic rings. The van der Waals surface area contributed by atoms with Gasteiger partial charge in [-0.15, -0.1) is 0 Å². The summed E-state index contributed by atoms with van der Waals surface area (Å²) in [5.41, 5.74) is -1.25. The number of rotatable bonds is 3. The molecule has 0 radical (unpaired) electrons. The van der Waals surface area contributed by atoms with Crippen LogP contribution in [0.1, 0.15) is 22.5 Å². The Labute approximate surface area is 97.4 Å². The lowest BCUT2D eigenvalue weighted by molar-refractivity contribution is 0.0676. The van der Waals surface area contributed by atoms with E-state index in [4.69, 9.17) is 9.84 Å². The van der Waals surface area contributed by atoms with E-state index in [1.165, 1.54) is 7.11 Å². The molecule has 0 fully saturated rings. The quantitative estimate of drug-likeness (QED) is 0.865. The summed E-state index contributed by atoms with van der Waals surface area (Å²) in [4.78, 5) is 14.1. The smallest absolute Gasteiger partial charge is 0.355 e. The lowest BCUT2D eigenvalue weighted by Gasteiger charge is -2.10. The molecule has 0 atom stereocenters. The number of pyridine rings is 1. The topological polar surface area (TPSA) is 59.4 Å². The van der Waals surface area contributed by atoms with Crippen molar-refractivity contribution in [3.8, 4) is 5.75 Å². The van der Waals surface area contributed by atoms with E-state index in [0.717, 1.165) is 6.20 Å². The monoisotopic (exact) mass is 329 g/mol. The molecule has 0 unspecified atom stereocenters. The maximum Gasteiger partial charge on any atom is 0.355 e. The van der Waals surface area contributed by atoms with Crippen molar-refractivity contribution in [2.75, 3.05) is 7.11 Å². The van der Waals surface area contributed by atoms with Gasteiger partial charge < -0.3 is 9.84 Å². The number of alkyl halides is 2. The van der Waals surface area contributed by atoms with Gasteiger partial charge in [0, 0.05) is 0 Å². The maximum absolute atomic E-state index is 12.6. The highest BCUT2D eigenvalue weighted by atomic mass is 127. The van der Waals surface area contributed by atoms with Gasteiger partial charge in [0.15, 0.2) is 11.4 Å². The van der Waals surface area contributed by atoms with Gasteiger partial charge in [-0.3, -0.25) is 0 Å². The van der Waals surface area contributed by atoms with Gasteiger partial charge in [0.05, 0.1) is 22.4 Å². The molecule has 0 saturated heterocycles. The number of carboxylic acids is 1. The van der Waals surface area contributed by atoms with Crippen molar-refractivity contribution in [2.45, 2.75) is 6.43 Å². The summed E-state index contributed by atoms with van der Waals surface area (Å²) in [6.45, 7) is 0. The zero-order valence-corrected chi connectivity index (χ0v) is 9.66. The van der Waals surface area contributed by atoms with Crippen molar-refractivity contribution < 1.29 is 23.4 Å². The summed E-state index contributed by atoms with van der Waals surface area (Å²) in [5, 5.41) is 8.66. The molecule has 1 aromatic rings. The summed E-state index contributed by atoms with van der Waals surface area (Å²) in [5.74, 6) is -1.35. The number of ether oxygens (including phenoxy) is 1. The van der Waals surface area contributed by atoms with Crippen molar-refractivity contribution in [2.24, 2.45) is 0 Å². The minimum atomic E-state index is -2.90. The van der Waals surface area contributed by atoms with Crippen LogP contribution in [0.2, 0.25) is 0 Å². The molecule has 0 amide bonds. The predicted octanol–water partition coefficient (Wildman–Crippen LogP) is 2.33. The van der Waals surface area contributed by atoms with E-state index in [1.54, 1.807) is 22.6 Å². The van der Waals surface area contributed by atoms with Crippen molar-refractivity contribution in [1.82, 2.24) is 4.98 Å². The van der Waals surface area contributed by atoms with Gasteiger partial charge in [0.1, 0.15) is 0 Å². The van der Waals surface area contributed by atoms with E-state index in [0.29, 0.717) is 0 Å². The molecule has 0 aromatic carbocycles. The van der Waals surface area contributed by atoms with E-state index in [1.807, 2.05) is 0 Å². The third-order valence-electron chi connectivity index (χ3n) is 1.66. The summed E-state index contributed by atoms with van der Waals surface area (Å²) in [6, 6.07) is 0. The van der Waals surface area contributed by atoms with Crippen LogP contribution >= 0.6 is 22.6 Å². The molecular formula is C8H6F2INO3. The maximum atomic E-state index is 12.6. The highest BCUT2D eigenvalue weighted by Gasteiger charge is 2.25. The fraction of sp³-hybridized carbons (Fsp3) is 0.250. The average molecular weight is 329 g/mol. The van der Waals surface area contributed by atoms with Crippen LogP contribution in [0.15, 0.2) is 6.20 Å². The summed E-state index contributed by atoms with van der Waals surface area (Å²) < 4.78 is 30.0. The Bertz CT molecular complexity index is 398. The van der Waals surface area contributed by atoms with E-state index in [9.17, 15) is 13.6 Å². The van der Waals surface area contributed by atoms with Crippen LogP contribution in [0.4, 0.5) is 8.78 Å². The number of hydrogen-bond acceptors (Lipinski definition) is 3. The largest absolute Gasteiger partial charge is 0.494 e. The van der Waals surface area contributed by atoms with Gasteiger partial charge in [-0.25, -0.2) is 18.6 Å². The van der Waals surface area contributed by atoms with Crippen LogP contribution in [0, 0.1) is 3.57 Å². The van der Waals surface area contributed by atoms with Crippen LogP contribution in [-0.2, 0) is 0 Å². The van der Waals surface area contributed by atoms with Gasteiger partial charge in [-0.2, -0.15) is 0 Å². The lowest BCUT2D eigenvalue weighted by atomic mass is 10.2. The molecule has 0 bridgehead atoms. The molecule has 1 heterocycles. The normalized spacial score (nSPS) is 10.5. The molecule has 0 spiro atoms. The fourth-order valence-corrected chi connectivity index (χ4v) is 1.85. The highest BCUT2D eigenvalue weighted by Crippen LogP contribution is 2.32. The Balaban J connectivity index is 3.44. The van der Waals surface area contributed by atoms with Gasteiger partial charge >= 0.3 is 5.97 Å². The van der Waals surface area contributed by atoms with Crippen molar-refractivity contribution >= 4 is 28.6 Å². The summed E-state index contributed by atoms with van der Waals surface area (Å²) in [6.07, 6.45) is -1.79. The number of aromatic carboxylic acids is 1. The zero-order chi connectivity index (χ0) is 11.6. The first kappa shape index (κ1) is 12.1. The van der Waals surface area contributed by atoms with E-state index < -0.39 is 23.7 Å². The molecule has 1 N–H and O–H groups in total. The second-order valence-electron chi connectivity index (χ2n) is 2.51. The SMILES string of the molecule is COc1cnc(C(=O)O)c(C(F)F)c1I. The minimum Gasteiger partial charge on any atom is -0.494 e. The van der Waals surface area contributed by atoms with Crippen LogP contribution in [-0.4, -0.2) is 23.2 Å². The average Bonchev–Trinajstić information content (AvgIpc) is 2.16. The molecule has 0 saturated carbocycles. The minimum absolute atomic E-state index is 0.0671. The summed E-state index contributed by atoms with van der Waals surface area (Å²) >= 11 is 1.61. The number of methoxy groups -OCH3 is 1. The van der Waals surface area contributed by atoms with Crippen molar-refractivity contribution in [3.05, 3.63) is 21.0 Å². The van der Waals surface area contributed by atoms with Crippen molar-refractivity contribution in [3.63, 3.8) is 0 Å². The third-order valence-corrected chi connectivity index (χ3v) is 2.77. The molecule has 7 heteroatoms. The van der Waals surface area contributed by atoms with Crippen LogP contribution in [0.5, 0.6) is 5.75 Å². The second-order valence-corrected chi connectivity index (χ2v) is 3.59. The Morgan fingerprint density at radius 1 is 1.67 bits per heavy atom. The van der Waals surface area contributed by atoms with E-state index >= 15 is 0 Å². The zero-order valence-electron chi connectivity index (χ0n) is 7.50. The molecule has 1 rings (SSSR count). The molecule has 1 aromatic heterocycles. The first-order chi connectivity index (χ1) is 6.99.